The molecule has 0 saturated carbocycles. The van der Waals surface area contributed by atoms with Crippen LogP contribution in [0.3, 0.4) is 0 Å². The van der Waals surface area contributed by atoms with E-state index in [9.17, 15) is 4.79 Å². The Kier molecular flexibility index (Phi) is 3.66. The van der Waals surface area contributed by atoms with E-state index >= 15 is 0 Å². The second-order valence-electron chi connectivity index (χ2n) is 6.95. The number of piperidine rings is 2. The van der Waals surface area contributed by atoms with Crippen LogP contribution >= 0.6 is 0 Å². The molecule has 0 spiro atoms. The van der Waals surface area contributed by atoms with Crippen molar-refractivity contribution in [3.8, 4) is 0 Å². The summed E-state index contributed by atoms with van der Waals surface area (Å²) in [7, 11) is 2.23. The predicted molar refractivity (Wildman–Crippen MR) is 83.7 cm³/mol. The molecule has 0 aliphatic carbocycles. The molecule has 4 rings (SSSR count). The molecule has 2 fully saturated rings. The van der Waals surface area contributed by atoms with Crippen molar-refractivity contribution >= 4 is 5.91 Å². The minimum atomic E-state index is 0.118. The fourth-order valence-electron chi connectivity index (χ4n) is 4.39. The number of amides is 1. The standard InChI is InChI=1S/C16H25N5O/c1-20-7-2-3-11-10-21(8-5-14(11)20)16(22)15-12-9-17-6-4-13(12)18-19-15/h11,14,17H,2-10H2,1H3,(H,18,19). The highest BCUT2D eigenvalue weighted by Gasteiger charge is 2.37. The summed E-state index contributed by atoms with van der Waals surface area (Å²) in [6.45, 7) is 4.67. The number of hydrogen-bond acceptors (Lipinski definition) is 4. The van der Waals surface area contributed by atoms with Gasteiger partial charge in [-0.15, -0.1) is 0 Å². The Bertz CT molecular complexity index is 569. The van der Waals surface area contributed by atoms with Gasteiger partial charge in [-0.25, -0.2) is 0 Å². The largest absolute Gasteiger partial charge is 0.337 e. The van der Waals surface area contributed by atoms with Crippen molar-refractivity contribution in [3.05, 3.63) is 17.0 Å². The quantitative estimate of drug-likeness (QED) is 0.798. The van der Waals surface area contributed by atoms with E-state index in [0.717, 1.165) is 50.3 Å². The third kappa shape index (κ3) is 2.34. The highest BCUT2D eigenvalue weighted by atomic mass is 16.2. The van der Waals surface area contributed by atoms with Crippen molar-refractivity contribution in [2.24, 2.45) is 5.92 Å². The molecule has 6 nitrogen and oxygen atoms in total. The van der Waals surface area contributed by atoms with Gasteiger partial charge in [-0.3, -0.25) is 9.89 Å². The van der Waals surface area contributed by atoms with Gasteiger partial charge < -0.3 is 15.1 Å². The zero-order valence-corrected chi connectivity index (χ0v) is 13.3. The van der Waals surface area contributed by atoms with Crippen LogP contribution in [0.4, 0.5) is 0 Å². The molecule has 0 radical (unpaired) electrons. The minimum absolute atomic E-state index is 0.118. The molecular weight excluding hydrogens is 278 g/mol. The first-order valence-corrected chi connectivity index (χ1v) is 8.50. The smallest absolute Gasteiger partial charge is 0.274 e. The summed E-state index contributed by atoms with van der Waals surface area (Å²) in [6.07, 6.45) is 4.53. The van der Waals surface area contributed by atoms with Crippen LogP contribution in [-0.2, 0) is 13.0 Å². The van der Waals surface area contributed by atoms with Crippen LogP contribution in [0, 0.1) is 5.92 Å². The van der Waals surface area contributed by atoms with Gasteiger partial charge in [-0.2, -0.15) is 5.10 Å². The fourth-order valence-corrected chi connectivity index (χ4v) is 4.39. The lowest BCUT2D eigenvalue weighted by atomic mass is 9.84. The number of nitrogens with zero attached hydrogens (tertiary/aromatic N) is 3. The highest BCUT2D eigenvalue weighted by Crippen LogP contribution is 2.30. The van der Waals surface area contributed by atoms with Crippen molar-refractivity contribution in [3.63, 3.8) is 0 Å². The van der Waals surface area contributed by atoms with E-state index in [2.05, 4.69) is 27.5 Å². The van der Waals surface area contributed by atoms with E-state index in [1.165, 1.54) is 19.4 Å². The first kappa shape index (κ1) is 14.2. The van der Waals surface area contributed by atoms with E-state index in [1.54, 1.807) is 0 Å². The van der Waals surface area contributed by atoms with Crippen molar-refractivity contribution in [1.82, 2.24) is 25.3 Å². The molecule has 2 atom stereocenters. The predicted octanol–water partition coefficient (Wildman–Crippen LogP) is 0.612. The van der Waals surface area contributed by atoms with Gasteiger partial charge in [0.05, 0.1) is 0 Å². The molecule has 4 heterocycles. The number of aromatic nitrogens is 2. The van der Waals surface area contributed by atoms with E-state index in [0.29, 0.717) is 17.7 Å². The van der Waals surface area contributed by atoms with Crippen LogP contribution in [0.2, 0.25) is 0 Å². The first-order valence-electron chi connectivity index (χ1n) is 8.50. The van der Waals surface area contributed by atoms with Crippen LogP contribution in [0.1, 0.15) is 41.0 Å². The number of carbonyl (C=O) groups excluding carboxylic acids is 1. The van der Waals surface area contributed by atoms with Gasteiger partial charge in [0, 0.05) is 49.9 Å². The molecule has 2 N–H and O–H groups in total. The average Bonchev–Trinajstić information content (AvgIpc) is 2.98. The molecular formula is C16H25N5O. The Labute approximate surface area is 131 Å². The van der Waals surface area contributed by atoms with Crippen LogP contribution in [0.5, 0.6) is 0 Å². The summed E-state index contributed by atoms with van der Waals surface area (Å²) < 4.78 is 0. The molecule has 0 aromatic carbocycles. The van der Waals surface area contributed by atoms with Crippen molar-refractivity contribution in [2.45, 2.75) is 38.3 Å². The molecule has 1 amide bonds. The summed E-state index contributed by atoms with van der Waals surface area (Å²) in [4.78, 5) is 17.4. The number of H-pyrrole nitrogens is 1. The molecule has 2 unspecified atom stereocenters. The van der Waals surface area contributed by atoms with E-state index in [1.807, 2.05) is 4.90 Å². The first-order chi connectivity index (χ1) is 10.7. The van der Waals surface area contributed by atoms with Crippen LogP contribution in [0.15, 0.2) is 0 Å². The lowest BCUT2D eigenvalue weighted by Gasteiger charge is -2.45. The fraction of sp³-hybridized carbons (Fsp3) is 0.750. The molecule has 0 bridgehead atoms. The molecule has 6 heteroatoms. The van der Waals surface area contributed by atoms with E-state index in [-0.39, 0.29) is 5.91 Å². The van der Waals surface area contributed by atoms with E-state index in [4.69, 9.17) is 0 Å². The minimum Gasteiger partial charge on any atom is -0.337 e. The SMILES string of the molecule is CN1CCCC2CN(C(=O)c3n[nH]c4c3CNCC4)CCC21. The molecule has 3 aliphatic heterocycles. The van der Waals surface area contributed by atoms with Crippen LogP contribution in [-0.4, -0.2) is 65.2 Å². The van der Waals surface area contributed by atoms with Crippen molar-refractivity contribution in [1.29, 1.82) is 0 Å². The number of likely N-dealkylation sites (tertiary alicyclic amines) is 2. The monoisotopic (exact) mass is 303 g/mol. The summed E-state index contributed by atoms with van der Waals surface area (Å²) in [5.41, 5.74) is 2.86. The summed E-state index contributed by atoms with van der Waals surface area (Å²) in [5.74, 6) is 0.747. The zero-order chi connectivity index (χ0) is 15.1. The van der Waals surface area contributed by atoms with Crippen molar-refractivity contribution in [2.75, 3.05) is 33.2 Å². The molecule has 22 heavy (non-hydrogen) atoms. The summed E-state index contributed by atoms with van der Waals surface area (Å²) in [5, 5.41) is 10.7. The maximum atomic E-state index is 12.9. The third-order valence-corrected chi connectivity index (χ3v) is 5.64. The summed E-state index contributed by atoms with van der Waals surface area (Å²) >= 11 is 0. The molecule has 3 aliphatic rings. The van der Waals surface area contributed by atoms with Crippen molar-refractivity contribution < 1.29 is 4.79 Å². The number of nitrogens with one attached hydrogen (secondary N) is 2. The topological polar surface area (TPSA) is 64.3 Å². The maximum absolute atomic E-state index is 12.9. The van der Waals surface area contributed by atoms with Gasteiger partial charge in [-0.05, 0) is 38.8 Å². The second kappa shape index (κ2) is 5.66. The van der Waals surface area contributed by atoms with Gasteiger partial charge in [0.2, 0.25) is 0 Å². The summed E-state index contributed by atoms with van der Waals surface area (Å²) in [6, 6.07) is 0.660. The van der Waals surface area contributed by atoms with Crippen LogP contribution < -0.4 is 5.32 Å². The molecule has 1 aromatic heterocycles. The highest BCUT2D eigenvalue weighted by molar-refractivity contribution is 5.94. The second-order valence-corrected chi connectivity index (χ2v) is 6.95. The molecule has 120 valence electrons. The lowest BCUT2D eigenvalue weighted by molar-refractivity contribution is 0.0312. The van der Waals surface area contributed by atoms with Crippen LogP contribution in [0.25, 0.3) is 0 Å². The Morgan fingerprint density at radius 3 is 3.14 bits per heavy atom. The van der Waals surface area contributed by atoms with Gasteiger partial charge in [0.1, 0.15) is 0 Å². The van der Waals surface area contributed by atoms with Gasteiger partial charge in [-0.1, -0.05) is 0 Å². The molecule has 1 aromatic rings. The maximum Gasteiger partial charge on any atom is 0.274 e. The number of aromatic amines is 1. The number of hydrogen-bond donors (Lipinski definition) is 2. The number of rotatable bonds is 1. The lowest BCUT2D eigenvalue weighted by Crippen LogP contribution is -2.54. The Morgan fingerprint density at radius 2 is 2.23 bits per heavy atom. The van der Waals surface area contributed by atoms with Gasteiger partial charge in [0.15, 0.2) is 5.69 Å². The third-order valence-electron chi connectivity index (χ3n) is 5.64. The van der Waals surface area contributed by atoms with Gasteiger partial charge >= 0.3 is 0 Å². The number of fused-ring (bicyclic) bond motifs is 2. The molecule has 2 saturated heterocycles. The zero-order valence-electron chi connectivity index (χ0n) is 13.3. The van der Waals surface area contributed by atoms with Gasteiger partial charge in [0.25, 0.3) is 5.91 Å². The number of carbonyl (C=O) groups is 1. The Hall–Kier alpha value is -1.40. The van der Waals surface area contributed by atoms with E-state index < -0.39 is 0 Å². The Morgan fingerprint density at radius 1 is 1.32 bits per heavy atom. The average molecular weight is 303 g/mol. The normalized spacial score (nSPS) is 29.0. The Balaban J connectivity index is 1.50.